The molecule has 0 radical (unpaired) electrons. The first kappa shape index (κ1) is 14.9. The van der Waals surface area contributed by atoms with Gasteiger partial charge in [-0.15, -0.1) is 0 Å². The second kappa shape index (κ2) is 7.34. The average Bonchev–Trinajstić information content (AvgIpc) is 2.29. The Morgan fingerprint density at radius 2 is 2.12 bits per heavy atom. The van der Waals surface area contributed by atoms with E-state index in [-0.39, 0.29) is 11.0 Å². The van der Waals surface area contributed by atoms with Crippen molar-refractivity contribution in [3.05, 3.63) is 0 Å². The van der Waals surface area contributed by atoms with E-state index in [0.717, 1.165) is 19.5 Å². The maximum atomic E-state index is 11.5. The van der Waals surface area contributed by atoms with E-state index in [1.54, 1.807) is 13.8 Å². The van der Waals surface area contributed by atoms with Crippen molar-refractivity contribution in [3.8, 4) is 0 Å². The lowest BCUT2D eigenvalue weighted by Gasteiger charge is -2.22. The predicted octanol–water partition coefficient (Wildman–Crippen LogP) is 1.22. The zero-order valence-electron chi connectivity index (χ0n) is 10.9. The summed E-state index contributed by atoms with van der Waals surface area (Å²) in [5, 5.41) is 3.07. The summed E-state index contributed by atoms with van der Waals surface area (Å²) in [5.74, 6) is 0.846. The van der Waals surface area contributed by atoms with Gasteiger partial charge in [0, 0.05) is 6.61 Å². The highest BCUT2D eigenvalue weighted by atomic mass is 32.2. The Bertz CT molecular complexity index is 295. The summed E-state index contributed by atoms with van der Waals surface area (Å²) >= 11 is 0. The Morgan fingerprint density at radius 3 is 2.71 bits per heavy atom. The molecule has 17 heavy (non-hydrogen) atoms. The number of rotatable bonds is 7. The summed E-state index contributed by atoms with van der Waals surface area (Å²) < 4.78 is 28.4. The van der Waals surface area contributed by atoms with E-state index in [0.29, 0.717) is 19.1 Å². The number of ether oxygens (including phenoxy) is 1. The van der Waals surface area contributed by atoms with Crippen LogP contribution in [0.15, 0.2) is 0 Å². The quantitative estimate of drug-likeness (QED) is 0.702. The SMILES string of the molecule is CC(C)S(=O)(=O)CCOCCC1CCCNC1. The molecule has 0 amide bonds. The Balaban J connectivity index is 2.04. The van der Waals surface area contributed by atoms with Crippen molar-refractivity contribution in [1.82, 2.24) is 5.32 Å². The second-order valence-corrected chi connectivity index (χ2v) is 7.71. The van der Waals surface area contributed by atoms with Gasteiger partial charge in [0.15, 0.2) is 9.84 Å². The maximum absolute atomic E-state index is 11.5. The van der Waals surface area contributed by atoms with Gasteiger partial charge < -0.3 is 10.1 Å². The van der Waals surface area contributed by atoms with Crippen LogP contribution in [0.2, 0.25) is 0 Å². The van der Waals surface area contributed by atoms with E-state index < -0.39 is 9.84 Å². The van der Waals surface area contributed by atoms with E-state index in [1.807, 2.05) is 0 Å². The second-order valence-electron chi connectivity index (χ2n) is 5.03. The minimum atomic E-state index is -2.94. The molecule has 1 rings (SSSR count). The van der Waals surface area contributed by atoms with E-state index in [9.17, 15) is 8.42 Å². The topological polar surface area (TPSA) is 55.4 Å². The monoisotopic (exact) mass is 263 g/mol. The smallest absolute Gasteiger partial charge is 0.154 e. The van der Waals surface area contributed by atoms with Crippen LogP contribution < -0.4 is 5.32 Å². The molecule has 1 N–H and O–H groups in total. The van der Waals surface area contributed by atoms with Crippen molar-refractivity contribution in [2.45, 2.75) is 38.4 Å². The van der Waals surface area contributed by atoms with Crippen LogP contribution in [0.4, 0.5) is 0 Å². The number of hydrogen-bond donors (Lipinski definition) is 1. The van der Waals surface area contributed by atoms with Crippen LogP contribution in [0.1, 0.15) is 33.1 Å². The zero-order valence-corrected chi connectivity index (χ0v) is 11.8. The first-order valence-corrected chi connectivity index (χ1v) is 8.24. The fraction of sp³-hybridized carbons (Fsp3) is 1.00. The molecule has 0 aliphatic carbocycles. The molecule has 0 aromatic rings. The van der Waals surface area contributed by atoms with Crippen molar-refractivity contribution in [3.63, 3.8) is 0 Å². The highest BCUT2D eigenvalue weighted by molar-refractivity contribution is 7.91. The highest BCUT2D eigenvalue weighted by Gasteiger charge is 2.16. The average molecular weight is 263 g/mol. The molecule has 1 unspecified atom stereocenters. The van der Waals surface area contributed by atoms with E-state index in [4.69, 9.17) is 4.74 Å². The summed E-state index contributed by atoms with van der Waals surface area (Å²) in [6.07, 6.45) is 3.54. The number of nitrogens with one attached hydrogen (secondary N) is 1. The molecule has 1 saturated heterocycles. The fourth-order valence-electron chi connectivity index (χ4n) is 1.93. The lowest BCUT2D eigenvalue weighted by Crippen LogP contribution is -2.30. The van der Waals surface area contributed by atoms with Crippen molar-refractivity contribution in [2.24, 2.45) is 5.92 Å². The van der Waals surface area contributed by atoms with Crippen LogP contribution in [0.3, 0.4) is 0 Å². The Kier molecular flexibility index (Phi) is 6.44. The lowest BCUT2D eigenvalue weighted by molar-refractivity contribution is 0.128. The molecule has 0 aromatic heterocycles. The minimum absolute atomic E-state index is 0.146. The number of sulfone groups is 1. The molecule has 1 aliphatic rings. The summed E-state index contributed by atoms with van der Waals surface area (Å²) in [7, 11) is -2.94. The molecule has 0 bridgehead atoms. The van der Waals surface area contributed by atoms with Gasteiger partial charge in [-0.1, -0.05) is 0 Å². The van der Waals surface area contributed by atoms with Crippen LogP contribution in [0, 0.1) is 5.92 Å². The first-order valence-electron chi connectivity index (χ1n) is 6.52. The fourth-order valence-corrected chi connectivity index (χ4v) is 2.75. The molecule has 102 valence electrons. The molecule has 5 heteroatoms. The molecular weight excluding hydrogens is 238 g/mol. The molecule has 1 atom stereocenters. The molecule has 4 nitrogen and oxygen atoms in total. The van der Waals surface area contributed by atoms with Crippen LogP contribution in [-0.4, -0.2) is 45.7 Å². The van der Waals surface area contributed by atoms with Gasteiger partial charge in [-0.25, -0.2) is 8.42 Å². The summed E-state index contributed by atoms with van der Waals surface area (Å²) in [4.78, 5) is 0. The summed E-state index contributed by atoms with van der Waals surface area (Å²) in [5.41, 5.74) is 0. The van der Waals surface area contributed by atoms with Gasteiger partial charge in [0.1, 0.15) is 0 Å². The Hall–Kier alpha value is -0.130. The molecule has 0 saturated carbocycles. The predicted molar refractivity (Wildman–Crippen MR) is 70.0 cm³/mol. The first-order chi connectivity index (χ1) is 8.02. The Morgan fingerprint density at radius 1 is 1.35 bits per heavy atom. The van der Waals surface area contributed by atoms with Gasteiger partial charge in [0.2, 0.25) is 0 Å². The summed E-state index contributed by atoms with van der Waals surface area (Å²) in [6.45, 7) is 6.64. The van der Waals surface area contributed by atoms with Crippen LogP contribution in [0.5, 0.6) is 0 Å². The molecule has 1 aliphatic heterocycles. The van der Waals surface area contributed by atoms with Gasteiger partial charge in [0.25, 0.3) is 0 Å². The van der Waals surface area contributed by atoms with Crippen molar-refractivity contribution in [1.29, 1.82) is 0 Å². The largest absolute Gasteiger partial charge is 0.380 e. The van der Waals surface area contributed by atoms with Gasteiger partial charge in [-0.05, 0) is 52.1 Å². The van der Waals surface area contributed by atoms with E-state index in [2.05, 4.69) is 5.32 Å². The van der Waals surface area contributed by atoms with Gasteiger partial charge in [0.05, 0.1) is 17.6 Å². The molecule has 0 spiro atoms. The molecule has 0 aromatic carbocycles. The Labute approximate surface area is 105 Å². The van der Waals surface area contributed by atoms with Crippen LogP contribution in [0.25, 0.3) is 0 Å². The molecule has 1 fully saturated rings. The third-order valence-electron chi connectivity index (χ3n) is 3.30. The third kappa shape index (κ3) is 5.84. The summed E-state index contributed by atoms with van der Waals surface area (Å²) in [6, 6.07) is 0. The van der Waals surface area contributed by atoms with Gasteiger partial charge >= 0.3 is 0 Å². The zero-order chi connectivity index (χ0) is 12.7. The van der Waals surface area contributed by atoms with Crippen molar-refractivity contribution < 1.29 is 13.2 Å². The highest BCUT2D eigenvalue weighted by Crippen LogP contribution is 2.13. The number of piperidine rings is 1. The van der Waals surface area contributed by atoms with E-state index >= 15 is 0 Å². The normalized spacial score (nSPS) is 21.9. The van der Waals surface area contributed by atoms with Gasteiger partial charge in [-0.3, -0.25) is 0 Å². The van der Waals surface area contributed by atoms with Crippen molar-refractivity contribution >= 4 is 9.84 Å². The third-order valence-corrected chi connectivity index (χ3v) is 5.47. The number of hydrogen-bond acceptors (Lipinski definition) is 4. The lowest BCUT2D eigenvalue weighted by atomic mass is 9.97. The standard InChI is InChI=1S/C12H25NO3S/c1-11(2)17(14,15)9-8-16-7-5-12-4-3-6-13-10-12/h11-13H,3-10H2,1-2H3. The van der Waals surface area contributed by atoms with Gasteiger partial charge in [-0.2, -0.15) is 0 Å². The van der Waals surface area contributed by atoms with Crippen LogP contribution >= 0.6 is 0 Å². The maximum Gasteiger partial charge on any atom is 0.154 e. The van der Waals surface area contributed by atoms with Crippen molar-refractivity contribution in [2.75, 3.05) is 32.1 Å². The minimum Gasteiger partial charge on any atom is -0.380 e. The van der Waals surface area contributed by atoms with E-state index in [1.165, 1.54) is 12.8 Å². The molecule has 1 heterocycles. The molecular formula is C12H25NO3S. The van der Waals surface area contributed by atoms with Crippen LogP contribution in [-0.2, 0) is 14.6 Å².